The minimum atomic E-state index is 0.405. The minimum absolute atomic E-state index is 0.405. The van der Waals surface area contributed by atoms with Gasteiger partial charge in [0.25, 0.3) is 0 Å². The van der Waals surface area contributed by atoms with Gasteiger partial charge in [-0.3, -0.25) is 4.79 Å². The summed E-state index contributed by atoms with van der Waals surface area (Å²) in [6.07, 6.45) is 2.47. The summed E-state index contributed by atoms with van der Waals surface area (Å²) in [4.78, 5) is 13.6. The summed E-state index contributed by atoms with van der Waals surface area (Å²) in [5.41, 5.74) is 4.08. The van der Waals surface area contributed by atoms with Gasteiger partial charge in [-0.15, -0.1) is 0 Å². The van der Waals surface area contributed by atoms with E-state index >= 15 is 0 Å². The van der Waals surface area contributed by atoms with Gasteiger partial charge in [-0.2, -0.15) is 0 Å². The first-order valence-electron chi connectivity index (χ1n) is 6.07. The van der Waals surface area contributed by atoms with E-state index < -0.39 is 0 Å². The van der Waals surface area contributed by atoms with E-state index in [1.807, 2.05) is 0 Å². The first kappa shape index (κ1) is 11.2. The lowest BCUT2D eigenvalue weighted by Gasteiger charge is -2.31. The van der Waals surface area contributed by atoms with Crippen LogP contribution in [-0.2, 0) is 11.2 Å². The number of piperidine rings is 1. The SMILES string of the molecule is CCc1cccc(C)c1N1CCC(=O)CC1. The number of carbonyl (C=O) groups is 1. The Morgan fingerprint density at radius 2 is 1.94 bits per heavy atom. The summed E-state index contributed by atoms with van der Waals surface area (Å²) in [6, 6.07) is 6.47. The number of rotatable bonds is 2. The number of anilines is 1. The van der Waals surface area contributed by atoms with Crippen LogP contribution in [0.1, 0.15) is 30.9 Å². The number of carbonyl (C=O) groups excluding carboxylic acids is 1. The molecule has 0 saturated carbocycles. The van der Waals surface area contributed by atoms with Gasteiger partial charge in [0.05, 0.1) is 0 Å². The number of aryl methyl sites for hydroxylation is 2. The van der Waals surface area contributed by atoms with Crippen LogP contribution in [0.3, 0.4) is 0 Å². The molecule has 0 aromatic heterocycles. The predicted molar refractivity (Wildman–Crippen MR) is 67.0 cm³/mol. The molecule has 1 aromatic rings. The zero-order chi connectivity index (χ0) is 11.5. The fourth-order valence-corrected chi connectivity index (χ4v) is 2.44. The Balaban J connectivity index is 2.28. The van der Waals surface area contributed by atoms with E-state index in [1.54, 1.807) is 0 Å². The summed E-state index contributed by atoms with van der Waals surface area (Å²) < 4.78 is 0. The van der Waals surface area contributed by atoms with Crippen LogP contribution in [0, 0.1) is 6.92 Å². The molecule has 0 amide bonds. The topological polar surface area (TPSA) is 20.3 Å². The monoisotopic (exact) mass is 217 g/mol. The van der Waals surface area contributed by atoms with Crippen LogP contribution < -0.4 is 4.90 Å². The van der Waals surface area contributed by atoms with E-state index in [2.05, 4.69) is 36.9 Å². The average molecular weight is 217 g/mol. The van der Waals surface area contributed by atoms with Crippen molar-refractivity contribution >= 4 is 11.5 Å². The van der Waals surface area contributed by atoms with E-state index in [4.69, 9.17) is 0 Å². The van der Waals surface area contributed by atoms with Gasteiger partial charge in [-0.1, -0.05) is 25.1 Å². The Hall–Kier alpha value is -1.31. The number of Topliss-reactive ketones (excluding diaryl/α,β-unsaturated/α-hetero) is 1. The highest BCUT2D eigenvalue weighted by Crippen LogP contribution is 2.27. The molecule has 0 N–H and O–H groups in total. The first-order chi connectivity index (χ1) is 7.72. The highest BCUT2D eigenvalue weighted by atomic mass is 16.1. The van der Waals surface area contributed by atoms with E-state index in [1.165, 1.54) is 16.8 Å². The Labute approximate surface area is 97.3 Å². The Morgan fingerprint density at radius 3 is 2.56 bits per heavy atom. The van der Waals surface area contributed by atoms with E-state index in [9.17, 15) is 4.79 Å². The molecular weight excluding hydrogens is 198 g/mol. The molecule has 86 valence electrons. The summed E-state index contributed by atoms with van der Waals surface area (Å²) in [6.45, 7) is 6.12. The third kappa shape index (κ3) is 2.11. The molecule has 0 radical (unpaired) electrons. The van der Waals surface area contributed by atoms with Gasteiger partial charge in [-0.05, 0) is 24.5 Å². The maximum Gasteiger partial charge on any atom is 0.136 e. The maximum atomic E-state index is 11.3. The first-order valence-corrected chi connectivity index (χ1v) is 6.07. The van der Waals surface area contributed by atoms with Crippen LogP contribution in [0.5, 0.6) is 0 Å². The molecule has 1 aliphatic rings. The minimum Gasteiger partial charge on any atom is -0.370 e. The Kier molecular flexibility index (Phi) is 3.28. The van der Waals surface area contributed by atoms with Crippen molar-refractivity contribution in [3.63, 3.8) is 0 Å². The molecule has 0 bridgehead atoms. The number of hydrogen-bond donors (Lipinski definition) is 0. The van der Waals surface area contributed by atoms with Crippen molar-refractivity contribution in [2.45, 2.75) is 33.1 Å². The second-order valence-electron chi connectivity index (χ2n) is 4.46. The lowest BCUT2D eigenvalue weighted by molar-refractivity contribution is -0.119. The molecule has 1 saturated heterocycles. The summed E-state index contributed by atoms with van der Waals surface area (Å²) >= 11 is 0. The third-order valence-corrected chi connectivity index (χ3v) is 3.34. The van der Waals surface area contributed by atoms with Crippen LogP contribution >= 0.6 is 0 Å². The summed E-state index contributed by atoms with van der Waals surface area (Å²) in [5, 5.41) is 0. The summed E-state index contributed by atoms with van der Waals surface area (Å²) in [5.74, 6) is 0.405. The van der Waals surface area contributed by atoms with E-state index in [-0.39, 0.29) is 0 Å². The molecule has 2 rings (SSSR count). The molecule has 0 spiro atoms. The molecule has 1 aromatic carbocycles. The molecule has 2 nitrogen and oxygen atoms in total. The molecule has 0 atom stereocenters. The number of para-hydroxylation sites is 1. The fraction of sp³-hybridized carbons (Fsp3) is 0.500. The van der Waals surface area contributed by atoms with Crippen molar-refractivity contribution in [2.75, 3.05) is 18.0 Å². The average Bonchev–Trinajstić information content (AvgIpc) is 2.30. The van der Waals surface area contributed by atoms with Gasteiger partial charge in [0.1, 0.15) is 5.78 Å². The largest absolute Gasteiger partial charge is 0.370 e. The van der Waals surface area contributed by atoms with Crippen molar-refractivity contribution < 1.29 is 4.79 Å². The molecule has 0 unspecified atom stereocenters. The van der Waals surface area contributed by atoms with Crippen molar-refractivity contribution in [1.29, 1.82) is 0 Å². The zero-order valence-corrected chi connectivity index (χ0v) is 10.1. The number of nitrogens with zero attached hydrogens (tertiary/aromatic N) is 1. The van der Waals surface area contributed by atoms with Crippen molar-refractivity contribution in [3.8, 4) is 0 Å². The van der Waals surface area contributed by atoms with Crippen LogP contribution in [0.4, 0.5) is 5.69 Å². The molecule has 16 heavy (non-hydrogen) atoms. The van der Waals surface area contributed by atoms with E-state index in [0.29, 0.717) is 18.6 Å². The normalized spacial score (nSPS) is 16.6. The molecular formula is C14H19NO. The van der Waals surface area contributed by atoms with Crippen LogP contribution in [0.25, 0.3) is 0 Å². The smallest absolute Gasteiger partial charge is 0.136 e. The fourth-order valence-electron chi connectivity index (χ4n) is 2.44. The van der Waals surface area contributed by atoms with E-state index in [0.717, 1.165) is 19.5 Å². The quantitative estimate of drug-likeness (QED) is 0.759. The molecule has 2 heteroatoms. The molecule has 0 aliphatic carbocycles. The standard InChI is InChI=1S/C14H19NO/c1-3-12-6-4-5-11(2)14(12)15-9-7-13(16)8-10-15/h4-6H,3,7-10H2,1-2H3. The van der Waals surface area contributed by atoms with Gasteiger partial charge < -0.3 is 4.90 Å². The Bertz CT molecular complexity index is 388. The number of hydrogen-bond acceptors (Lipinski definition) is 2. The highest BCUT2D eigenvalue weighted by Gasteiger charge is 2.19. The van der Waals surface area contributed by atoms with Crippen LogP contribution in [-0.4, -0.2) is 18.9 Å². The highest BCUT2D eigenvalue weighted by molar-refractivity contribution is 5.81. The van der Waals surface area contributed by atoms with Gasteiger partial charge in [0.2, 0.25) is 0 Å². The molecule has 1 fully saturated rings. The van der Waals surface area contributed by atoms with Crippen molar-refractivity contribution in [2.24, 2.45) is 0 Å². The van der Waals surface area contributed by atoms with Crippen LogP contribution in [0.2, 0.25) is 0 Å². The lowest BCUT2D eigenvalue weighted by atomic mass is 10.0. The number of ketones is 1. The molecule has 1 heterocycles. The van der Waals surface area contributed by atoms with Crippen molar-refractivity contribution in [1.82, 2.24) is 0 Å². The second kappa shape index (κ2) is 4.69. The second-order valence-corrected chi connectivity index (χ2v) is 4.46. The van der Waals surface area contributed by atoms with Crippen LogP contribution in [0.15, 0.2) is 18.2 Å². The van der Waals surface area contributed by atoms with Gasteiger partial charge in [0.15, 0.2) is 0 Å². The third-order valence-electron chi connectivity index (χ3n) is 3.34. The van der Waals surface area contributed by atoms with Gasteiger partial charge >= 0.3 is 0 Å². The van der Waals surface area contributed by atoms with Gasteiger partial charge in [0, 0.05) is 31.6 Å². The maximum absolute atomic E-state index is 11.3. The zero-order valence-electron chi connectivity index (χ0n) is 10.1. The Morgan fingerprint density at radius 1 is 1.25 bits per heavy atom. The van der Waals surface area contributed by atoms with Crippen molar-refractivity contribution in [3.05, 3.63) is 29.3 Å². The lowest BCUT2D eigenvalue weighted by Crippen LogP contribution is -2.34. The number of benzene rings is 1. The molecule has 1 aliphatic heterocycles. The summed E-state index contributed by atoms with van der Waals surface area (Å²) in [7, 11) is 0. The predicted octanol–water partition coefficient (Wildman–Crippen LogP) is 2.73. The van der Waals surface area contributed by atoms with Gasteiger partial charge in [-0.25, -0.2) is 0 Å².